The number of hydrogen-bond acceptors (Lipinski definition) is 3. The predicted octanol–water partition coefficient (Wildman–Crippen LogP) is 0.0394. The number of nitrogens with two attached hydrogens (primary N) is 1. The van der Waals surface area contributed by atoms with E-state index in [4.69, 9.17) is 12.2 Å². The van der Waals surface area contributed by atoms with Crippen LogP contribution in [0, 0.1) is 18.3 Å². The summed E-state index contributed by atoms with van der Waals surface area (Å²) in [4.78, 5) is 13.7. The average molecular weight is 225 g/mol. The summed E-state index contributed by atoms with van der Waals surface area (Å²) in [6.07, 6.45) is 5.40. The summed E-state index contributed by atoms with van der Waals surface area (Å²) in [6, 6.07) is -0.500. The van der Waals surface area contributed by atoms with Gasteiger partial charge in [0.15, 0.2) is 0 Å². The number of rotatable bonds is 6. The van der Waals surface area contributed by atoms with Gasteiger partial charge in [0.25, 0.3) is 0 Å². The molecular weight excluding hydrogens is 202 g/mol. The number of amides is 1. The van der Waals surface area contributed by atoms with Crippen molar-refractivity contribution in [3.05, 3.63) is 0 Å². The Balaban J connectivity index is 4.29. The quantitative estimate of drug-likeness (QED) is 0.628. The minimum atomic E-state index is -0.603. The van der Waals surface area contributed by atoms with Crippen LogP contribution in [0.15, 0.2) is 0 Å². The topological polar surface area (TPSA) is 58.4 Å². The standard InChI is InChI=1S/C12H23N3O/c1-6-7-10(13)12(16)14-11(9(2)3)8-15(4)5/h1,9-11H,7-8,13H2,2-5H3,(H,14,16). The van der Waals surface area contributed by atoms with E-state index in [0.29, 0.717) is 5.92 Å². The molecule has 0 aromatic heterocycles. The molecule has 4 heteroatoms. The van der Waals surface area contributed by atoms with Gasteiger partial charge in [-0.25, -0.2) is 0 Å². The summed E-state index contributed by atoms with van der Waals surface area (Å²) in [7, 11) is 3.95. The molecule has 0 aliphatic heterocycles. The highest BCUT2D eigenvalue weighted by molar-refractivity contribution is 5.82. The summed E-state index contributed by atoms with van der Waals surface area (Å²) < 4.78 is 0. The second-order valence-corrected chi connectivity index (χ2v) is 4.64. The van der Waals surface area contributed by atoms with Crippen molar-refractivity contribution < 1.29 is 4.79 Å². The third-order valence-corrected chi connectivity index (χ3v) is 2.37. The minimum Gasteiger partial charge on any atom is -0.350 e. The predicted molar refractivity (Wildman–Crippen MR) is 66.7 cm³/mol. The highest BCUT2D eigenvalue weighted by Crippen LogP contribution is 2.03. The van der Waals surface area contributed by atoms with Crippen LogP contribution in [0.1, 0.15) is 20.3 Å². The van der Waals surface area contributed by atoms with Crippen LogP contribution in [-0.4, -0.2) is 43.5 Å². The van der Waals surface area contributed by atoms with Crippen molar-refractivity contribution >= 4 is 5.91 Å². The average Bonchev–Trinajstić information content (AvgIpc) is 2.16. The zero-order chi connectivity index (χ0) is 12.7. The molecule has 3 N–H and O–H groups in total. The molecule has 0 aliphatic carbocycles. The smallest absolute Gasteiger partial charge is 0.238 e. The molecule has 0 radical (unpaired) electrons. The Morgan fingerprint density at radius 2 is 2.06 bits per heavy atom. The lowest BCUT2D eigenvalue weighted by molar-refractivity contribution is -0.123. The Hall–Kier alpha value is -1.05. The Morgan fingerprint density at radius 1 is 1.50 bits per heavy atom. The van der Waals surface area contributed by atoms with Crippen LogP contribution in [0.2, 0.25) is 0 Å². The van der Waals surface area contributed by atoms with Crippen LogP contribution in [0.25, 0.3) is 0 Å². The van der Waals surface area contributed by atoms with Crippen molar-refractivity contribution in [3.8, 4) is 12.3 Å². The Morgan fingerprint density at radius 3 is 2.44 bits per heavy atom. The highest BCUT2D eigenvalue weighted by atomic mass is 16.2. The molecule has 0 bridgehead atoms. The van der Waals surface area contributed by atoms with Crippen LogP contribution in [-0.2, 0) is 4.79 Å². The molecule has 0 aliphatic rings. The van der Waals surface area contributed by atoms with Crippen LogP contribution >= 0.6 is 0 Å². The molecule has 0 spiro atoms. The number of nitrogens with zero attached hydrogens (tertiary/aromatic N) is 1. The lowest BCUT2D eigenvalue weighted by Crippen LogP contribution is -2.50. The zero-order valence-electron chi connectivity index (χ0n) is 10.7. The molecule has 16 heavy (non-hydrogen) atoms. The first-order chi connectivity index (χ1) is 7.38. The lowest BCUT2D eigenvalue weighted by atomic mass is 10.0. The van der Waals surface area contributed by atoms with Gasteiger partial charge in [0.05, 0.1) is 6.04 Å². The van der Waals surface area contributed by atoms with E-state index >= 15 is 0 Å². The Bertz CT molecular complexity index is 255. The molecule has 0 aromatic carbocycles. The maximum absolute atomic E-state index is 11.7. The van der Waals surface area contributed by atoms with Crippen LogP contribution < -0.4 is 11.1 Å². The second-order valence-electron chi connectivity index (χ2n) is 4.64. The summed E-state index contributed by atoms with van der Waals surface area (Å²) in [6.45, 7) is 4.94. The molecule has 0 fully saturated rings. The van der Waals surface area contributed by atoms with Gasteiger partial charge < -0.3 is 16.0 Å². The maximum atomic E-state index is 11.7. The zero-order valence-corrected chi connectivity index (χ0v) is 10.7. The van der Waals surface area contributed by atoms with Crippen molar-refractivity contribution in [2.75, 3.05) is 20.6 Å². The van der Waals surface area contributed by atoms with Gasteiger partial charge in [0.2, 0.25) is 5.91 Å². The van der Waals surface area contributed by atoms with Crippen LogP contribution in [0.3, 0.4) is 0 Å². The number of likely N-dealkylation sites (N-methyl/N-ethyl adjacent to an activating group) is 1. The van der Waals surface area contributed by atoms with E-state index in [0.717, 1.165) is 6.54 Å². The number of carbonyl (C=O) groups is 1. The van der Waals surface area contributed by atoms with Crippen molar-refractivity contribution in [1.29, 1.82) is 0 Å². The first-order valence-corrected chi connectivity index (χ1v) is 5.52. The molecule has 1 amide bonds. The van der Waals surface area contributed by atoms with Gasteiger partial charge >= 0.3 is 0 Å². The van der Waals surface area contributed by atoms with E-state index in [1.165, 1.54) is 0 Å². The van der Waals surface area contributed by atoms with Crippen molar-refractivity contribution in [2.45, 2.75) is 32.4 Å². The minimum absolute atomic E-state index is 0.103. The van der Waals surface area contributed by atoms with E-state index in [2.05, 4.69) is 25.1 Å². The van der Waals surface area contributed by atoms with Gasteiger partial charge in [-0.15, -0.1) is 12.3 Å². The lowest BCUT2D eigenvalue weighted by Gasteiger charge is -2.26. The third kappa shape index (κ3) is 5.74. The van der Waals surface area contributed by atoms with Crippen molar-refractivity contribution in [1.82, 2.24) is 10.2 Å². The summed E-state index contributed by atoms with van der Waals surface area (Å²) in [5.74, 6) is 2.59. The van der Waals surface area contributed by atoms with Gasteiger partial charge in [0.1, 0.15) is 0 Å². The Labute approximate surface area is 98.6 Å². The molecule has 2 atom stereocenters. The molecule has 0 saturated carbocycles. The summed E-state index contributed by atoms with van der Waals surface area (Å²) in [5.41, 5.74) is 5.64. The SMILES string of the molecule is C#CCC(N)C(=O)NC(CN(C)C)C(C)C. The first-order valence-electron chi connectivity index (χ1n) is 5.52. The van der Waals surface area contributed by atoms with Gasteiger partial charge in [-0.2, -0.15) is 0 Å². The van der Waals surface area contributed by atoms with E-state index in [1.54, 1.807) is 0 Å². The van der Waals surface area contributed by atoms with Gasteiger partial charge in [-0.05, 0) is 20.0 Å². The maximum Gasteiger partial charge on any atom is 0.238 e. The third-order valence-electron chi connectivity index (χ3n) is 2.37. The molecule has 92 valence electrons. The first kappa shape index (κ1) is 14.9. The molecule has 4 nitrogen and oxygen atoms in total. The summed E-state index contributed by atoms with van der Waals surface area (Å²) >= 11 is 0. The fraction of sp³-hybridized carbons (Fsp3) is 0.750. The molecule has 0 aromatic rings. The largest absolute Gasteiger partial charge is 0.350 e. The number of terminal acetylenes is 1. The van der Waals surface area contributed by atoms with Gasteiger partial charge in [-0.3, -0.25) is 4.79 Å². The molecule has 2 unspecified atom stereocenters. The van der Waals surface area contributed by atoms with Gasteiger partial charge in [-0.1, -0.05) is 13.8 Å². The van der Waals surface area contributed by atoms with Crippen LogP contribution in [0.5, 0.6) is 0 Å². The molecule has 0 rings (SSSR count). The number of nitrogens with one attached hydrogen (secondary N) is 1. The van der Waals surface area contributed by atoms with E-state index in [1.807, 2.05) is 19.0 Å². The number of carbonyl (C=O) groups excluding carboxylic acids is 1. The highest BCUT2D eigenvalue weighted by Gasteiger charge is 2.20. The van der Waals surface area contributed by atoms with E-state index in [-0.39, 0.29) is 18.4 Å². The second kappa shape index (κ2) is 7.26. The van der Waals surface area contributed by atoms with Gasteiger partial charge in [0, 0.05) is 19.0 Å². The fourth-order valence-electron chi connectivity index (χ4n) is 1.33. The normalized spacial score (nSPS) is 14.6. The molecular formula is C12H23N3O. The van der Waals surface area contributed by atoms with Crippen molar-refractivity contribution in [2.24, 2.45) is 11.7 Å². The summed E-state index contributed by atoms with van der Waals surface area (Å²) in [5, 5.41) is 2.93. The van der Waals surface area contributed by atoms with E-state index < -0.39 is 6.04 Å². The molecule has 0 saturated heterocycles. The Kier molecular flexibility index (Phi) is 6.78. The van der Waals surface area contributed by atoms with E-state index in [9.17, 15) is 4.79 Å². The fourth-order valence-corrected chi connectivity index (χ4v) is 1.33. The molecule has 0 heterocycles. The number of hydrogen-bond donors (Lipinski definition) is 2. The van der Waals surface area contributed by atoms with Crippen LogP contribution in [0.4, 0.5) is 0 Å². The van der Waals surface area contributed by atoms with Crippen molar-refractivity contribution in [3.63, 3.8) is 0 Å². The monoisotopic (exact) mass is 225 g/mol.